The molecule has 0 aliphatic carbocycles. The molecule has 1 aromatic heterocycles. The van der Waals surface area contributed by atoms with Crippen LogP contribution >= 0.6 is 0 Å². The van der Waals surface area contributed by atoms with Crippen LogP contribution in [0.4, 0.5) is 5.82 Å². The Morgan fingerprint density at radius 2 is 1.74 bits per heavy atom. The van der Waals surface area contributed by atoms with Crippen LogP contribution in [0, 0.1) is 0 Å². The van der Waals surface area contributed by atoms with Crippen LogP contribution < -0.4 is 14.8 Å². The molecule has 0 saturated carbocycles. The summed E-state index contributed by atoms with van der Waals surface area (Å²) in [6.07, 6.45) is 1.62. The third-order valence-electron chi connectivity index (χ3n) is 5.53. The molecule has 7 nitrogen and oxygen atoms in total. The summed E-state index contributed by atoms with van der Waals surface area (Å²) in [7, 11) is 4.83. The van der Waals surface area contributed by atoms with Crippen molar-refractivity contribution in [1.82, 2.24) is 9.88 Å². The number of nitrogens with zero attached hydrogens (tertiary/aromatic N) is 2. The average molecular weight is 417 g/mol. The van der Waals surface area contributed by atoms with Crippen molar-refractivity contribution in [3.8, 4) is 11.5 Å². The number of aromatic nitrogens is 1. The molecule has 2 heterocycles. The third kappa shape index (κ3) is 3.70. The van der Waals surface area contributed by atoms with Gasteiger partial charge in [-0.05, 0) is 41.5 Å². The fourth-order valence-corrected chi connectivity index (χ4v) is 4.05. The quantitative estimate of drug-likeness (QED) is 0.685. The highest BCUT2D eigenvalue weighted by Crippen LogP contribution is 2.44. The summed E-state index contributed by atoms with van der Waals surface area (Å²) in [5.41, 5.74) is 1.96. The molecule has 31 heavy (non-hydrogen) atoms. The van der Waals surface area contributed by atoms with Gasteiger partial charge in [0.1, 0.15) is 5.82 Å². The Kier molecular flexibility index (Phi) is 5.58. The predicted molar refractivity (Wildman–Crippen MR) is 116 cm³/mol. The minimum Gasteiger partial charge on any atom is -0.493 e. The van der Waals surface area contributed by atoms with E-state index in [4.69, 9.17) is 9.47 Å². The summed E-state index contributed by atoms with van der Waals surface area (Å²) in [4.78, 5) is 32.4. The maximum absolute atomic E-state index is 13.5. The average Bonchev–Trinajstić information content (AvgIpc) is 2.81. The van der Waals surface area contributed by atoms with Crippen molar-refractivity contribution in [3.63, 3.8) is 0 Å². The number of anilines is 1. The first-order chi connectivity index (χ1) is 15.0. The lowest BCUT2D eigenvalue weighted by Crippen LogP contribution is -2.44. The van der Waals surface area contributed by atoms with E-state index in [9.17, 15) is 9.59 Å². The molecule has 158 valence electrons. The van der Waals surface area contributed by atoms with Crippen LogP contribution in [0.2, 0.25) is 0 Å². The SMILES string of the molecule is COc1ccc([C@@H]2[C@H](C(=O)Nc3ccccn3)c3ccccc3C(=O)N2C)cc1OC. The Hall–Kier alpha value is -3.87. The smallest absolute Gasteiger partial charge is 0.254 e. The van der Waals surface area contributed by atoms with Gasteiger partial charge in [-0.2, -0.15) is 0 Å². The lowest BCUT2D eigenvalue weighted by Gasteiger charge is -2.39. The minimum absolute atomic E-state index is 0.141. The molecule has 0 unspecified atom stereocenters. The number of methoxy groups -OCH3 is 2. The molecule has 2 aromatic carbocycles. The van der Waals surface area contributed by atoms with Gasteiger partial charge in [0.2, 0.25) is 5.91 Å². The molecule has 1 aliphatic heterocycles. The number of fused-ring (bicyclic) bond motifs is 1. The second-order valence-electron chi connectivity index (χ2n) is 7.24. The molecule has 1 aliphatic rings. The highest BCUT2D eigenvalue weighted by atomic mass is 16.5. The van der Waals surface area contributed by atoms with Gasteiger partial charge < -0.3 is 19.7 Å². The van der Waals surface area contributed by atoms with Gasteiger partial charge in [-0.25, -0.2) is 4.98 Å². The number of carbonyl (C=O) groups excluding carboxylic acids is 2. The molecule has 0 spiro atoms. The Labute approximate surface area is 180 Å². The van der Waals surface area contributed by atoms with Crippen LogP contribution in [0.15, 0.2) is 66.9 Å². The zero-order valence-corrected chi connectivity index (χ0v) is 17.5. The Morgan fingerprint density at radius 3 is 2.45 bits per heavy atom. The Bertz CT molecular complexity index is 1120. The fraction of sp³-hybridized carbons (Fsp3) is 0.208. The van der Waals surface area contributed by atoms with Crippen molar-refractivity contribution in [3.05, 3.63) is 83.6 Å². The van der Waals surface area contributed by atoms with Crippen molar-refractivity contribution in [2.75, 3.05) is 26.6 Å². The van der Waals surface area contributed by atoms with Crippen molar-refractivity contribution in [2.45, 2.75) is 12.0 Å². The predicted octanol–water partition coefficient (Wildman–Crippen LogP) is 3.65. The van der Waals surface area contributed by atoms with Gasteiger partial charge in [0.05, 0.1) is 26.2 Å². The number of amides is 2. The first kappa shape index (κ1) is 20.4. The monoisotopic (exact) mass is 417 g/mol. The van der Waals surface area contributed by atoms with Gasteiger partial charge in [0.25, 0.3) is 5.91 Å². The summed E-state index contributed by atoms with van der Waals surface area (Å²) in [6.45, 7) is 0. The van der Waals surface area contributed by atoms with Gasteiger partial charge in [0, 0.05) is 18.8 Å². The number of rotatable bonds is 5. The normalized spacial score (nSPS) is 17.6. The van der Waals surface area contributed by atoms with Gasteiger partial charge in [-0.15, -0.1) is 0 Å². The number of hydrogen-bond acceptors (Lipinski definition) is 5. The molecule has 0 bridgehead atoms. The molecule has 1 N–H and O–H groups in total. The molecule has 7 heteroatoms. The van der Waals surface area contributed by atoms with E-state index in [1.54, 1.807) is 68.8 Å². The number of nitrogens with one attached hydrogen (secondary N) is 1. The number of carbonyl (C=O) groups is 2. The molecule has 0 saturated heterocycles. The molecule has 2 amide bonds. The van der Waals surface area contributed by atoms with E-state index >= 15 is 0 Å². The van der Waals surface area contributed by atoms with E-state index in [-0.39, 0.29) is 11.8 Å². The number of ether oxygens (including phenoxy) is 2. The highest BCUT2D eigenvalue weighted by molar-refractivity contribution is 6.04. The standard InChI is InChI=1S/C24H23N3O4/c1-27-22(15-11-12-18(30-2)19(14-15)31-3)21(16-8-4-5-9-17(16)24(27)29)23(28)26-20-10-6-7-13-25-20/h4-14,21-22H,1-3H3,(H,25,26,28)/t21-,22-/m1/s1. The fourth-order valence-electron chi connectivity index (χ4n) is 4.05. The zero-order valence-electron chi connectivity index (χ0n) is 17.5. The van der Waals surface area contributed by atoms with E-state index in [0.717, 1.165) is 5.56 Å². The molecule has 2 atom stereocenters. The summed E-state index contributed by atoms with van der Waals surface area (Å²) in [5.74, 6) is 0.534. The number of likely N-dealkylation sites (N-methyl/N-ethyl adjacent to an activating group) is 1. The van der Waals surface area contributed by atoms with Gasteiger partial charge in [-0.3, -0.25) is 9.59 Å². The first-order valence-corrected chi connectivity index (χ1v) is 9.85. The van der Waals surface area contributed by atoms with Crippen LogP contribution in [-0.4, -0.2) is 43.0 Å². The maximum Gasteiger partial charge on any atom is 0.254 e. The molecule has 3 aromatic rings. The second-order valence-corrected chi connectivity index (χ2v) is 7.24. The van der Waals surface area contributed by atoms with Crippen LogP contribution in [0.5, 0.6) is 11.5 Å². The van der Waals surface area contributed by atoms with Gasteiger partial charge in [0.15, 0.2) is 11.5 Å². The Balaban J connectivity index is 1.83. The van der Waals surface area contributed by atoms with Gasteiger partial charge >= 0.3 is 0 Å². The summed E-state index contributed by atoms with van der Waals surface area (Å²) in [5, 5.41) is 2.89. The maximum atomic E-state index is 13.5. The van der Waals surface area contributed by atoms with E-state index in [0.29, 0.717) is 28.4 Å². The third-order valence-corrected chi connectivity index (χ3v) is 5.53. The van der Waals surface area contributed by atoms with Crippen molar-refractivity contribution in [2.24, 2.45) is 0 Å². The molecule has 0 radical (unpaired) electrons. The highest BCUT2D eigenvalue weighted by Gasteiger charge is 2.42. The number of pyridine rings is 1. The van der Waals surface area contributed by atoms with E-state index in [1.807, 2.05) is 24.3 Å². The largest absolute Gasteiger partial charge is 0.493 e. The van der Waals surface area contributed by atoms with Crippen molar-refractivity contribution >= 4 is 17.6 Å². The van der Waals surface area contributed by atoms with Crippen LogP contribution in [0.3, 0.4) is 0 Å². The van der Waals surface area contributed by atoms with Crippen LogP contribution in [0.25, 0.3) is 0 Å². The van der Waals surface area contributed by atoms with E-state index < -0.39 is 12.0 Å². The minimum atomic E-state index is -0.640. The molecule has 0 fully saturated rings. The topological polar surface area (TPSA) is 80.8 Å². The summed E-state index contributed by atoms with van der Waals surface area (Å²) in [6, 6.07) is 17.4. The molecular formula is C24H23N3O4. The lowest BCUT2D eigenvalue weighted by atomic mass is 9.79. The molecule has 4 rings (SSSR count). The number of hydrogen-bond donors (Lipinski definition) is 1. The van der Waals surface area contributed by atoms with E-state index in [1.165, 1.54) is 0 Å². The lowest BCUT2D eigenvalue weighted by molar-refractivity contribution is -0.119. The van der Waals surface area contributed by atoms with E-state index in [2.05, 4.69) is 10.3 Å². The van der Waals surface area contributed by atoms with Gasteiger partial charge in [-0.1, -0.05) is 30.3 Å². The zero-order chi connectivity index (χ0) is 22.0. The Morgan fingerprint density at radius 1 is 1.00 bits per heavy atom. The van der Waals surface area contributed by atoms with Crippen molar-refractivity contribution < 1.29 is 19.1 Å². The van der Waals surface area contributed by atoms with Crippen LogP contribution in [0.1, 0.15) is 33.4 Å². The van der Waals surface area contributed by atoms with Crippen LogP contribution in [-0.2, 0) is 4.79 Å². The number of benzene rings is 2. The van der Waals surface area contributed by atoms with Crippen molar-refractivity contribution in [1.29, 1.82) is 0 Å². The molecular weight excluding hydrogens is 394 g/mol. The first-order valence-electron chi connectivity index (χ1n) is 9.85. The summed E-state index contributed by atoms with van der Waals surface area (Å²) >= 11 is 0. The second kappa shape index (κ2) is 8.47. The summed E-state index contributed by atoms with van der Waals surface area (Å²) < 4.78 is 10.8.